The molecule has 0 saturated heterocycles. The van der Waals surface area contributed by atoms with E-state index < -0.39 is 5.41 Å². The first-order valence-electron chi connectivity index (χ1n) is 12.3. The minimum atomic E-state index is -0.417. The van der Waals surface area contributed by atoms with Crippen LogP contribution in [0.4, 0.5) is 0 Å². The zero-order chi connectivity index (χ0) is 26.8. The van der Waals surface area contributed by atoms with Crippen LogP contribution in [-0.2, 0) is 24.9 Å². The number of rotatable bonds is 2. The second kappa shape index (κ2) is 11.7. The minimum Gasteiger partial charge on any atom is -0.512 e. The molecule has 0 spiro atoms. The van der Waals surface area contributed by atoms with Gasteiger partial charge in [-0.1, -0.05) is 67.5 Å². The Bertz CT molecular complexity index is 1440. The van der Waals surface area contributed by atoms with Crippen LogP contribution in [0.3, 0.4) is 0 Å². The molecule has 197 valence electrons. The van der Waals surface area contributed by atoms with E-state index in [2.05, 4.69) is 72.3 Å². The average molecular weight is 674 g/mol. The maximum Gasteiger partial charge on any atom is 0.164 e. The number of aryl methyl sites for hydroxylation is 3. The molecule has 0 amide bonds. The smallest absolute Gasteiger partial charge is 0.164 e. The predicted octanol–water partition coefficient (Wildman–Crippen LogP) is 8.26. The fourth-order valence-electron chi connectivity index (χ4n) is 3.77. The van der Waals surface area contributed by atoms with E-state index in [4.69, 9.17) is 0 Å². The monoisotopic (exact) mass is 674 g/mol. The van der Waals surface area contributed by atoms with Crippen molar-refractivity contribution in [2.45, 2.75) is 62.3 Å². The van der Waals surface area contributed by atoms with Gasteiger partial charge in [0.2, 0.25) is 0 Å². The van der Waals surface area contributed by atoms with Crippen LogP contribution >= 0.6 is 0 Å². The second-order valence-electron chi connectivity index (χ2n) is 11.5. The Labute approximate surface area is 234 Å². The number of nitrogens with zero attached hydrogens (tertiary/aromatic N) is 2. The number of ketones is 1. The molecule has 0 saturated carbocycles. The third kappa shape index (κ3) is 7.56. The van der Waals surface area contributed by atoms with Crippen molar-refractivity contribution in [1.29, 1.82) is 0 Å². The van der Waals surface area contributed by atoms with Crippen molar-refractivity contribution in [2.75, 3.05) is 0 Å². The number of fused-ring (bicyclic) bond motifs is 3. The van der Waals surface area contributed by atoms with Crippen molar-refractivity contribution in [2.24, 2.45) is 10.8 Å². The quantitative estimate of drug-likeness (QED) is 0.101. The van der Waals surface area contributed by atoms with Gasteiger partial charge in [0.1, 0.15) is 5.76 Å². The van der Waals surface area contributed by atoms with Crippen molar-refractivity contribution < 1.29 is 30.0 Å². The molecular formula is C32H37IrN2O2-. The van der Waals surface area contributed by atoms with E-state index in [1.807, 2.05) is 54.7 Å². The molecular weight excluding hydrogens is 637 g/mol. The number of hydrogen-bond acceptors (Lipinski definition) is 4. The number of aromatic nitrogens is 2. The summed E-state index contributed by atoms with van der Waals surface area (Å²) in [6.45, 7) is 17.3. The molecule has 2 aromatic heterocycles. The molecule has 4 rings (SSSR count). The molecule has 4 nitrogen and oxygen atoms in total. The fourth-order valence-corrected chi connectivity index (χ4v) is 3.77. The number of carbonyl (C=O) groups excluding carboxylic acids is 1. The number of benzene rings is 2. The van der Waals surface area contributed by atoms with Crippen molar-refractivity contribution in [1.82, 2.24) is 9.97 Å². The molecule has 2 aromatic carbocycles. The Kier molecular flexibility index (Phi) is 9.57. The number of pyridine rings is 2. The van der Waals surface area contributed by atoms with Crippen molar-refractivity contribution >= 4 is 27.5 Å². The number of allylic oxidation sites excluding steroid dienone is 2. The van der Waals surface area contributed by atoms with Gasteiger partial charge < -0.3 is 10.1 Å². The largest absolute Gasteiger partial charge is 0.512 e. The van der Waals surface area contributed by atoms with Crippen LogP contribution in [0.1, 0.15) is 58.4 Å². The first-order valence-corrected chi connectivity index (χ1v) is 12.3. The first-order chi connectivity index (χ1) is 16.7. The maximum atomic E-state index is 11.5. The van der Waals surface area contributed by atoms with E-state index in [0.717, 1.165) is 33.4 Å². The molecule has 0 unspecified atom stereocenters. The summed E-state index contributed by atoms with van der Waals surface area (Å²) in [5.74, 6) is 0.104. The van der Waals surface area contributed by atoms with Crippen LogP contribution in [0.2, 0.25) is 0 Å². The summed E-state index contributed by atoms with van der Waals surface area (Å²) in [5, 5.41) is 13.1. The molecule has 37 heavy (non-hydrogen) atoms. The van der Waals surface area contributed by atoms with Gasteiger partial charge in [-0.25, -0.2) is 0 Å². The zero-order valence-corrected chi connectivity index (χ0v) is 25.7. The molecule has 5 heteroatoms. The predicted molar refractivity (Wildman–Crippen MR) is 150 cm³/mol. The van der Waals surface area contributed by atoms with Gasteiger partial charge in [0.05, 0.1) is 5.52 Å². The minimum absolute atomic E-state index is 0. The van der Waals surface area contributed by atoms with Gasteiger partial charge in [-0.3, -0.25) is 9.78 Å². The SMILES string of the molecule is CC(C)(C)C(=O)/C=C(\O)C(C)(C)C.Cc1[c-]c(-c2nccc3c2ccc2nc(C)ccc23)cc(C)c1.[Ir]. The van der Waals surface area contributed by atoms with Crippen LogP contribution in [0.15, 0.2) is 60.5 Å². The molecule has 0 aliphatic carbocycles. The van der Waals surface area contributed by atoms with E-state index in [1.165, 1.54) is 22.4 Å². The van der Waals surface area contributed by atoms with Crippen LogP contribution in [-0.4, -0.2) is 20.9 Å². The normalized spacial score (nSPS) is 12.1. The zero-order valence-electron chi connectivity index (χ0n) is 23.3. The number of carbonyl (C=O) groups is 1. The third-order valence-corrected chi connectivity index (χ3v) is 5.93. The molecule has 4 aromatic rings. The molecule has 0 fully saturated rings. The van der Waals surface area contributed by atoms with Gasteiger partial charge >= 0.3 is 0 Å². The summed E-state index contributed by atoms with van der Waals surface area (Å²) in [6.07, 6.45) is 3.21. The Balaban J connectivity index is 0.000000299. The number of hydrogen-bond donors (Lipinski definition) is 1. The van der Waals surface area contributed by atoms with E-state index in [-0.39, 0.29) is 37.1 Å². The van der Waals surface area contributed by atoms with E-state index in [1.54, 1.807) is 0 Å². The Morgan fingerprint density at radius 1 is 0.865 bits per heavy atom. The Morgan fingerprint density at radius 3 is 2.11 bits per heavy atom. The Hall–Kier alpha value is -2.88. The standard InChI is InChI=1S/C21H17N2.C11H20O2.Ir/c1-13-10-14(2)12-16(11-13)21-19-6-7-20-18(5-4-15(3)23-20)17(19)8-9-22-21;1-10(2,3)8(12)7-9(13)11(4,5)6;/h4-11H,1-3H3;7,12H,1-6H3;/q-1;;/b;8-7-;. The van der Waals surface area contributed by atoms with Crippen LogP contribution in [0.5, 0.6) is 0 Å². The molecule has 0 atom stereocenters. The Morgan fingerprint density at radius 2 is 1.51 bits per heavy atom. The van der Waals surface area contributed by atoms with Gasteiger partial charge in [-0.2, -0.15) is 0 Å². The molecule has 1 N–H and O–H groups in total. The third-order valence-electron chi connectivity index (χ3n) is 5.93. The maximum absolute atomic E-state index is 11.5. The summed E-state index contributed by atoms with van der Waals surface area (Å²) < 4.78 is 0. The fraction of sp³-hybridized carbons (Fsp3) is 0.344. The van der Waals surface area contributed by atoms with Crippen LogP contribution in [0.25, 0.3) is 32.9 Å². The summed E-state index contributed by atoms with van der Waals surface area (Å²) in [7, 11) is 0. The summed E-state index contributed by atoms with van der Waals surface area (Å²) >= 11 is 0. The van der Waals surface area contributed by atoms with Crippen LogP contribution in [0, 0.1) is 37.7 Å². The van der Waals surface area contributed by atoms with E-state index in [9.17, 15) is 9.90 Å². The van der Waals surface area contributed by atoms with Crippen molar-refractivity contribution in [3.05, 3.63) is 83.4 Å². The van der Waals surface area contributed by atoms with Gasteiger partial charge in [0.15, 0.2) is 5.78 Å². The van der Waals surface area contributed by atoms with Gasteiger partial charge in [-0.05, 0) is 41.6 Å². The molecule has 2 heterocycles. The number of aliphatic hydroxyl groups is 1. The van der Waals surface area contributed by atoms with Crippen LogP contribution < -0.4 is 0 Å². The van der Waals surface area contributed by atoms with Gasteiger partial charge in [-0.15, -0.1) is 34.9 Å². The topological polar surface area (TPSA) is 63.1 Å². The van der Waals surface area contributed by atoms with E-state index in [0.29, 0.717) is 0 Å². The van der Waals surface area contributed by atoms with E-state index >= 15 is 0 Å². The number of aliphatic hydroxyl groups excluding tert-OH is 1. The second-order valence-corrected chi connectivity index (χ2v) is 11.5. The van der Waals surface area contributed by atoms with Gasteiger partial charge in [0.25, 0.3) is 0 Å². The average Bonchev–Trinajstić information content (AvgIpc) is 2.76. The van der Waals surface area contributed by atoms with Crippen molar-refractivity contribution in [3.63, 3.8) is 0 Å². The molecule has 0 aliphatic heterocycles. The molecule has 0 aliphatic rings. The summed E-state index contributed by atoms with van der Waals surface area (Å²) in [5.41, 5.74) is 5.70. The summed E-state index contributed by atoms with van der Waals surface area (Å²) in [6, 6.07) is 18.2. The summed E-state index contributed by atoms with van der Waals surface area (Å²) in [4.78, 5) is 20.7. The van der Waals surface area contributed by atoms with Gasteiger partial charge in [0, 0.05) is 54.3 Å². The molecule has 0 bridgehead atoms. The van der Waals surface area contributed by atoms with Crippen molar-refractivity contribution in [3.8, 4) is 11.3 Å². The first kappa shape index (κ1) is 30.3. The molecule has 1 radical (unpaired) electrons.